The number of hydrogen-bond donors (Lipinski definition) is 4. The minimum atomic E-state index is -1.08. The van der Waals surface area contributed by atoms with Crippen LogP contribution in [0.5, 0.6) is 0 Å². The van der Waals surface area contributed by atoms with E-state index in [2.05, 4.69) is 26.1 Å². The molecule has 0 bridgehead atoms. The number of amides is 3. The monoisotopic (exact) mass is 487 g/mol. The molecule has 0 saturated heterocycles. The number of fused-ring (bicyclic) bond motifs is 1. The summed E-state index contributed by atoms with van der Waals surface area (Å²) >= 11 is 5.85. The third kappa shape index (κ3) is 5.79. The van der Waals surface area contributed by atoms with E-state index in [1.165, 1.54) is 12.1 Å². The van der Waals surface area contributed by atoms with E-state index in [9.17, 15) is 19.2 Å². The van der Waals surface area contributed by atoms with Crippen molar-refractivity contribution in [2.75, 3.05) is 10.6 Å². The van der Waals surface area contributed by atoms with Crippen LogP contribution in [0.3, 0.4) is 0 Å². The summed E-state index contributed by atoms with van der Waals surface area (Å²) in [6, 6.07) is 21.5. The number of hydrazone groups is 1. The van der Waals surface area contributed by atoms with Crippen LogP contribution in [-0.2, 0) is 9.59 Å². The number of aromatic nitrogens is 1. The molecule has 174 valence electrons. The van der Waals surface area contributed by atoms with Gasteiger partial charge in [0.1, 0.15) is 0 Å². The average Bonchev–Trinajstić information content (AvgIpc) is 2.86. The first kappa shape index (κ1) is 23.4. The van der Waals surface area contributed by atoms with Gasteiger partial charge in [-0.3, -0.25) is 19.2 Å². The van der Waals surface area contributed by atoms with Crippen molar-refractivity contribution in [2.24, 2.45) is 5.10 Å². The Balaban J connectivity index is 1.41. The smallest absolute Gasteiger partial charge is 0.322 e. The molecule has 0 unspecified atom stereocenters. The molecule has 1 aromatic heterocycles. The molecule has 4 aromatic rings. The second-order valence-electron chi connectivity index (χ2n) is 7.30. The molecular weight excluding hydrogens is 470 g/mol. The maximum atomic E-state index is 12.7. The molecule has 0 aliphatic heterocycles. The molecule has 0 saturated carbocycles. The van der Waals surface area contributed by atoms with Gasteiger partial charge in [0.15, 0.2) is 0 Å². The van der Waals surface area contributed by atoms with E-state index < -0.39 is 23.3 Å². The van der Waals surface area contributed by atoms with Gasteiger partial charge < -0.3 is 15.6 Å². The van der Waals surface area contributed by atoms with Gasteiger partial charge in [-0.05, 0) is 53.9 Å². The Morgan fingerprint density at radius 3 is 2.37 bits per heavy atom. The van der Waals surface area contributed by atoms with E-state index in [0.717, 1.165) is 11.6 Å². The zero-order chi connectivity index (χ0) is 24.8. The highest BCUT2D eigenvalue weighted by atomic mass is 35.5. The van der Waals surface area contributed by atoms with E-state index in [-0.39, 0.29) is 16.8 Å². The molecule has 4 rings (SSSR count). The minimum Gasteiger partial charge on any atom is -0.322 e. The van der Waals surface area contributed by atoms with Crippen molar-refractivity contribution in [3.05, 3.63) is 105 Å². The number of anilines is 2. The number of rotatable bonds is 5. The largest absolute Gasteiger partial charge is 0.329 e. The Bertz CT molecular complexity index is 1510. The van der Waals surface area contributed by atoms with Gasteiger partial charge in [0.25, 0.3) is 11.5 Å². The second kappa shape index (κ2) is 10.4. The number of para-hydroxylation sites is 2. The van der Waals surface area contributed by atoms with Crippen LogP contribution in [0.1, 0.15) is 15.9 Å². The topological polar surface area (TPSA) is 133 Å². The third-order valence-electron chi connectivity index (χ3n) is 4.88. The fourth-order valence-corrected chi connectivity index (χ4v) is 3.30. The Morgan fingerprint density at radius 1 is 0.857 bits per heavy atom. The molecule has 3 aromatic carbocycles. The van der Waals surface area contributed by atoms with Crippen molar-refractivity contribution >= 4 is 57.8 Å². The number of hydrogen-bond acceptors (Lipinski definition) is 5. The van der Waals surface area contributed by atoms with Crippen LogP contribution in [-0.4, -0.2) is 28.9 Å². The maximum Gasteiger partial charge on any atom is 0.329 e. The highest BCUT2D eigenvalue weighted by Gasteiger charge is 2.18. The van der Waals surface area contributed by atoms with Gasteiger partial charge >= 0.3 is 11.8 Å². The first-order chi connectivity index (χ1) is 16.9. The fourth-order valence-electron chi connectivity index (χ4n) is 3.17. The number of aromatic amines is 1. The Morgan fingerprint density at radius 2 is 1.57 bits per heavy atom. The van der Waals surface area contributed by atoms with Crippen molar-refractivity contribution in [2.45, 2.75) is 0 Å². The summed E-state index contributed by atoms with van der Waals surface area (Å²) in [7, 11) is 0. The van der Waals surface area contributed by atoms with E-state index in [1.54, 1.807) is 54.6 Å². The minimum absolute atomic E-state index is 0.133. The lowest BCUT2D eigenvalue weighted by Crippen LogP contribution is -2.33. The van der Waals surface area contributed by atoms with Gasteiger partial charge in [0.2, 0.25) is 0 Å². The fraction of sp³-hybridized carbons (Fsp3) is 0. The number of carbonyl (C=O) groups is 3. The molecule has 3 amide bonds. The van der Waals surface area contributed by atoms with Crippen molar-refractivity contribution in [3.8, 4) is 0 Å². The van der Waals surface area contributed by atoms with Crippen LogP contribution in [0.4, 0.5) is 11.4 Å². The summed E-state index contributed by atoms with van der Waals surface area (Å²) < 4.78 is 0. The number of carbonyl (C=O) groups excluding carboxylic acids is 3. The molecular formula is C25H18ClN5O4. The van der Waals surface area contributed by atoms with Crippen LogP contribution in [0.15, 0.2) is 88.8 Å². The highest BCUT2D eigenvalue weighted by molar-refractivity contribution is 6.40. The number of benzene rings is 3. The zero-order valence-corrected chi connectivity index (χ0v) is 18.8. The number of nitrogens with zero attached hydrogens (tertiary/aromatic N) is 1. The van der Waals surface area contributed by atoms with E-state index in [1.807, 2.05) is 12.1 Å². The summed E-state index contributed by atoms with van der Waals surface area (Å²) in [5, 5.41) is 10.1. The Kier molecular flexibility index (Phi) is 6.99. The van der Waals surface area contributed by atoms with Crippen LogP contribution >= 0.6 is 11.6 Å². The maximum absolute atomic E-state index is 12.7. The molecule has 4 N–H and O–H groups in total. The number of pyridine rings is 1. The van der Waals surface area contributed by atoms with Gasteiger partial charge in [-0.15, -0.1) is 0 Å². The van der Waals surface area contributed by atoms with Crippen molar-refractivity contribution in [3.63, 3.8) is 0 Å². The Hall–Kier alpha value is -4.76. The normalized spacial score (nSPS) is 10.8. The molecule has 1 heterocycles. The van der Waals surface area contributed by atoms with E-state index in [0.29, 0.717) is 16.2 Å². The first-order valence-corrected chi connectivity index (χ1v) is 10.7. The SMILES string of the molecule is O=C(NN=Cc1cc2ccccc2[nH]c1=O)C(=O)Nc1ccccc1C(=O)Nc1ccc(Cl)cc1. The molecule has 0 atom stereocenters. The van der Waals surface area contributed by atoms with Gasteiger partial charge in [0, 0.05) is 16.2 Å². The van der Waals surface area contributed by atoms with Crippen LogP contribution in [0, 0.1) is 0 Å². The predicted octanol–water partition coefficient (Wildman–Crippen LogP) is 3.52. The van der Waals surface area contributed by atoms with Crippen LogP contribution < -0.4 is 21.6 Å². The number of H-pyrrole nitrogens is 1. The molecule has 0 aliphatic carbocycles. The zero-order valence-electron chi connectivity index (χ0n) is 18.0. The molecule has 0 spiro atoms. The second-order valence-corrected chi connectivity index (χ2v) is 7.74. The van der Waals surface area contributed by atoms with Crippen LogP contribution in [0.25, 0.3) is 10.9 Å². The summed E-state index contributed by atoms with van der Waals surface area (Å²) in [6.07, 6.45) is 1.14. The quantitative estimate of drug-likeness (QED) is 0.195. The molecule has 35 heavy (non-hydrogen) atoms. The predicted molar refractivity (Wildman–Crippen MR) is 135 cm³/mol. The summed E-state index contributed by atoms with van der Waals surface area (Å²) in [5.41, 5.74) is 3.33. The van der Waals surface area contributed by atoms with E-state index in [4.69, 9.17) is 11.6 Å². The third-order valence-corrected chi connectivity index (χ3v) is 5.13. The standard InChI is InChI=1S/C25H18ClN5O4/c26-17-9-11-18(12-10-17)28-23(33)19-6-2-4-8-21(19)30-24(34)25(35)31-27-14-16-13-15-5-1-3-7-20(15)29-22(16)32/h1-14H,(H,28,33)(H,29,32)(H,30,34)(H,31,35). The van der Waals surface area contributed by atoms with Gasteiger partial charge in [0.05, 0.1) is 23.0 Å². The lowest BCUT2D eigenvalue weighted by Gasteiger charge is -2.11. The average molecular weight is 488 g/mol. The summed E-state index contributed by atoms with van der Waals surface area (Å²) in [5.74, 6) is -2.61. The molecule has 0 radical (unpaired) electrons. The van der Waals surface area contributed by atoms with Crippen molar-refractivity contribution < 1.29 is 14.4 Å². The molecule has 10 heteroatoms. The summed E-state index contributed by atoms with van der Waals surface area (Å²) in [4.78, 5) is 52.1. The Labute approximate surface area is 203 Å². The van der Waals surface area contributed by atoms with Gasteiger partial charge in [-0.2, -0.15) is 5.10 Å². The molecule has 9 nitrogen and oxygen atoms in total. The van der Waals surface area contributed by atoms with Gasteiger partial charge in [-0.25, -0.2) is 5.43 Å². The van der Waals surface area contributed by atoms with E-state index >= 15 is 0 Å². The summed E-state index contributed by atoms with van der Waals surface area (Å²) in [6.45, 7) is 0. The van der Waals surface area contributed by atoms with Crippen molar-refractivity contribution in [1.29, 1.82) is 0 Å². The lowest BCUT2D eigenvalue weighted by atomic mass is 10.1. The highest BCUT2D eigenvalue weighted by Crippen LogP contribution is 2.19. The number of nitrogens with one attached hydrogen (secondary N) is 4. The van der Waals surface area contributed by atoms with Gasteiger partial charge in [-0.1, -0.05) is 41.9 Å². The van der Waals surface area contributed by atoms with Crippen molar-refractivity contribution in [1.82, 2.24) is 10.4 Å². The van der Waals surface area contributed by atoms with Crippen LogP contribution in [0.2, 0.25) is 5.02 Å². The lowest BCUT2D eigenvalue weighted by molar-refractivity contribution is -0.136. The first-order valence-electron chi connectivity index (χ1n) is 10.3. The number of halogens is 1. The molecule has 0 fully saturated rings. The molecule has 0 aliphatic rings.